The molecule has 30 heavy (non-hydrogen) atoms. The first-order valence-electron chi connectivity index (χ1n) is 10.8. The second kappa shape index (κ2) is 7.64. The topological polar surface area (TPSA) is 84.0 Å². The van der Waals surface area contributed by atoms with Crippen LogP contribution in [0.2, 0.25) is 0 Å². The molecule has 0 spiro atoms. The number of amides is 1. The van der Waals surface area contributed by atoms with E-state index < -0.39 is 10.0 Å². The summed E-state index contributed by atoms with van der Waals surface area (Å²) in [5.74, 6) is -0.207. The highest BCUT2D eigenvalue weighted by Gasteiger charge is 2.43. The maximum absolute atomic E-state index is 13.3. The Kier molecular flexibility index (Phi) is 5.43. The SMILES string of the molecule is CCOC(=O)C1CCN(S(=O)(=O)c2ccc3c(c2)C(C)(C)CN3C(=O)C2CC2)CC1. The molecule has 1 aromatic carbocycles. The van der Waals surface area contributed by atoms with Crippen molar-refractivity contribution in [2.45, 2.75) is 56.8 Å². The molecule has 164 valence electrons. The van der Waals surface area contributed by atoms with E-state index in [1.165, 1.54) is 4.31 Å². The minimum Gasteiger partial charge on any atom is -0.466 e. The van der Waals surface area contributed by atoms with Gasteiger partial charge in [0.15, 0.2) is 0 Å². The first kappa shape index (κ1) is 21.3. The number of sulfonamides is 1. The molecule has 4 rings (SSSR count). The Morgan fingerprint density at radius 1 is 1.10 bits per heavy atom. The standard InChI is InChI=1S/C22H30N2O5S/c1-4-29-21(26)16-9-11-23(12-10-16)30(27,28)17-7-8-19-18(13-17)22(2,3)14-24(19)20(25)15-5-6-15/h7-8,13,15-16H,4-6,9-12,14H2,1-3H3. The van der Waals surface area contributed by atoms with E-state index in [2.05, 4.69) is 0 Å². The molecule has 2 heterocycles. The molecule has 1 saturated heterocycles. The number of nitrogens with zero attached hydrogens (tertiary/aromatic N) is 2. The van der Waals surface area contributed by atoms with E-state index in [1.54, 1.807) is 25.1 Å². The van der Waals surface area contributed by atoms with Crippen LogP contribution in [0.1, 0.15) is 52.0 Å². The van der Waals surface area contributed by atoms with Crippen molar-refractivity contribution in [1.82, 2.24) is 4.31 Å². The minimum absolute atomic E-state index is 0.121. The van der Waals surface area contributed by atoms with Gasteiger partial charge in [0.05, 0.1) is 17.4 Å². The molecule has 7 nitrogen and oxygen atoms in total. The summed E-state index contributed by atoms with van der Waals surface area (Å²) in [6.45, 7) is 7.39. The number of anilines is 1. The van der Waals surface area contributed by atoms with Crippen LogP contribution in [0.25, 0.3) is 0 Å². The fourth-order valence-electron chi connectivity index (χ4n) is 4.51. The van der Waals surface area contributed by atoms with Crippen molar-refractivity contribution >= 4 is 27.6 Å². The molecule has 3 aliphatic rings. The van der Waals surface area contributed by atoms with Gasteiger partial charge in [0.2, 0.25) is 15.9 Å². The number of hydrogen-bond donors (Lipinski definition) is 0. The largest absolute Gasteiger partial charge is 0.466 e. The zero-order chi connectivity index (χ0) is 21.7. The van der Waals surface area contributed by atoms with Crippen LogP contribution in [0.5, 0.6) is 0 Å². The molecule has 2 aliphatic heterocycles. The molecule has 0 radical (unpaired) electrons. The Labute approximate surface area is 178 Å². The van der Waals surface area contributed by atoms with Crippen LogP contribution in [0.4, 0.5) is 5.69 Å². The highest BCUT2D eigenvalue weighted by atomic mass is 32.2. The van der Waals surface area contributed by atoms with Gasteiger partial charge >= 0.3 is 5.97 Å². The number of carbonyl (C=O) groups excluding carboxylic acids is 2. The molecule has 0 bridgehead atoms. The smallest absolute Gasteiger partial charge is 0.309 e. The normalized spacial score (nSPS) is 22.0. The molecule has 0 atom stereocenters. The van der Waals surface area contributed by atoms with Gasteiger partial charge in [0.1, 0.15) is 0 Å². The lowest BCUT2D eigenvalue weighted by Crippen LogP contribution is -2.40. The Balaban J connectivity index is 1.55. The van der Waals surface area contributed by atoms with Crippen LogP contribution in [0.3, 0.4) is 0 Å². The van der Waals surface area contributed by atoms with Gasteiger partial charge in [-0.3, -0.25) is 9.59 Å². The number of carbonyl (C=O) groups is 2. The molecule has 0 N–H and O–H groups in total. The second-order valence-corrected chi connectivity index (χ2v) is 11.1. The summed E-state index contributed by atoms with van der Waals surface area (Å²) >= 11 is 0. The third-order valence-electron chi connectivity index (χ3n) is 6.45. The van der Waals surface area contributed by atoms with Crippen molar-refractivity contribution < 1.29 is 22.7 Å². The van der Waals surface area contributed by atoms with Crippen molar-refractivity contribution in [3.8, 4) is 0 Å². The van der Waals surface area contributed by atoms with Gasteiger partial charge in [-0.25, -0.2) is 8.42 Å². The third-order valence-corrected chi connectivity index (χ3v) is 8.34. The molecule has 1 aliphatic carbocycles. The maximum atomic E-state index is 13.3. The van der Waals surface area contributed by atoms with Gasteiger partial charge in [-0.1, -0.05) is 13.8 Å². The first-order valence-corrected chi connectivity index (χ1v) is 12.2. The Bertz CT molecular complexity index is 960. The van der Waals surface area contributed by atoms with Crippen molar-refractivity contribution in [3.63, 3.8) is 0 Å². The molecule has 1 aromatic rings. The van der Waals surface area contributed by atoms with E-state index in [1.807, 2.05) is 18.7 Å². The monoisotopic (exact) mass is 434 g/mol. The average molecular weight is 435 g/mol. The summed E-state index contributed by atoms with van der Waals surface area (Å²) in [6, 6.07) is 5.13. The number of piperidine rings is 1. The van der Waals surface area contributed by atoms with Gasteiger partial charge in [-0.05, 0) is 56.4 Å². The number of benzene rings is 1. The van der Waals surface area contributed by atoms with Crippen LogP contribution in [-0.4, -0.2) is 50.8 Å². The molecule has 2 fully saturated rings. The molecule has 0 aromatic heterocycles. The van der Waals surface area contributed by atoms with E-state index in [0.29, 0.717) is 39.1 Å². The molecule has 0 unspecified atom stereocenters. The van der Waals surface area contributed by atoms with Crippen molar-refractivity contribution in [2.75, 3.05) is 31.1 Å². The number of ether oxygens (including phenoxy) is 1. The summed E-state index contributed by atoms with van der Waals surface area (Å²) in [4.78, 5) is 26.7. The predicted molar refractivity (Wildman–Crippen MR) is 113 cm³/mol. The van der Waals surface area contributed by atoms with E-state index in [-0.39, 0.29) is 34.0 Å². The highest BCUT2D eigenvalue weighted by molar-refractivity contribution is 7.89. The predicted octanol–water partition coefficient (Wildman–Crippen LogP) is 2.68. The van der Waals surface area contributed by atoms with Gasteiger partial charge < -0.3 is 9.64 Å². The van der Waals surface area contributed by atoms with Crippen molar-refractivity contribution in [2.24, 2.45) is 11.8 Å². The number of rotatable bonds is 5. The summed E-state index contributed by atoms with van der Waals surface area (Å²) in [7, 11) is -3.66. The lowest BCUT2D eigenvalue weighted by molar-refractivity contribution is -0.149. The van der Waals surface area contributed by atoms with Gasteiger partial charge in [-0.15, -0.1) is 0 Å². The summed E-state index contributed by atoms with van der Waals surface area (Å²) in [6.07, 6.45) is 2.83. The number of esters is 1. The van der Waals surface area contributed by atoms with Crippen molar-refractivity contribution in [1.29, 1.82) is 0 Å². The quantitative estimate of drug-likeness (QED) is 0.666. The van der Waals surface area contributed by atoms with E-state index in [0.717, 1.165) is 24.1 Å². The maximum Gasteiger partial charge on any atom is 0.309 e. The fourth-order valence-corrected chi connectivity index (χ4v) is 6.00. The van der Waals surface area contributed by atoms with E-state index in [4.69, 9.17) is 4.74 Å². The summed E-state index contributed by atoms with van der Waals surface area (Å²) in [5, 5.41) is 0. The Morgan fingerprint density at radius 3 is 2.37 bits per heavy atom. The lowest BCUT2D eigenvalue weighted by Gasteiger charge is -2.30. The second-order valence-electron chi connectivity index (χ2n) is 9.19. The first-order chi connectivity index (χ1) is 14.1. The lowest BCUT2D eigenvalue weighted by atomic mass is 9.87. The molecule has 8 heteroatoms. The summed E-state index contributed by atoms with van der Waals surface area (Å²) < 4.78 is 33.1. The van der Waals surface area contributed by atoms with Gasteiger partial charge in [0, 0.05) is 36.7 Å². The Morgan fingerprint density at radius 2 is 1.77 bits per heavy atom. The highest BCUT2D eigenvalue weighted by Crippen LogP contribution is 2.44. The molecular weight excluding hydrogens is 404 g/mol. The van der Waals surface area contributed by atoms with Gasteiger partial charge in [-0.2, -0.15) is 4.31 Å². The van der Waals surface area contributed by atoms with Crippen LogP contribution in [0.15, 0.2) is 23.1 Å². The van der Waals surface area contributed by atoms with Crippen LogP contribution in [0, 0.1) is 11.8 Å². The number of fused-ring (bicyclic) bond motifs is 1. The van der Waals surface area contributed by atoms with E-state index >= 15 is 0 Å². The minimum atomic E-state index is -3.66. The summed E-state index contributed by atoms with van der Waals surface area (Å²) in [5.41, 5.74) is 1.43. The average Bonchev–Trinajstić information content (AvgIpc) is 3.53. The van der Waals surface area contributed by atoms with Crippen molar-refractivity contribution in [3.05, 3.63) is 23.8 Å². The fraction of sp³-hybridized carbons (Fsp3) is 0.636. The zero-order valence-electron chi connectivity index (χ0n) is 17.9. The third kappa shape index (κ3) is 3.75. The number of hydrogen-bond acceptors (Lipinski definition) is 5. The van der Waals surface area contributed by atoms with Crippen LogP contribution in [-0.2, 0) is 29.8 Å². The molecule has 1 amide bonds. The van der Waals surface area contributed by atoms with Gasteiger partial charge in [0.25, 0.3) is 0 Å². The molecular formula is C22H30N2O5S. The van der Waals surface area contributed by atoms with Crippen LogP contribution >= 0.6 is 0 Å². The van der Waals surface area contributed by atoms with E-state index in [9.17, 15) is 18.0 Å². The molecule has 1 saturated carbocycles. The van der Waals surface area contributed by atoms with Crippen LogP contribution < -0.4 is 4.90 Å². The Hall–Kier alpha value is -1.93. The zero-order valence-corrected chi connectivity index (χ0v) is 18.7.